The van der Waals surface area contributed by atoms with Gasteiger partial charge in [0, 0.05) is 0 Å². The number of hydrazone groups is 1. The Morgan fingerprint density at radius 1 is 1.17 bits per heavy atom. The van der Waals surface area contributed by atoms with Gasteiger partial charge in [-0.15, -0.1) is 0 Å². The fourth-order valence-electron chi connectivity index (χ4n) is 2.67. The molecule has 0 saturated carbocycles. The molecule has 4 rings (SSSR count). The van der Waals surface area contributed by atoms with Crippen LogP contribution in [0.25, 0.3) is 0 Å². The van der Waals surface area contributed by atoms with Crippen LogP contribution in [0.5, 0.6) is 17.2 Å². The van der Waals surface area contributed by atoms with E-state index in [-0.39, 0.29) is 36.2 Å². The molecule has 0 aliphatic carbocycles. The maximum absolute atomic E-state index is 12.2. The van der Waals surface area contributed by atoms with Gasteiger partial charge in [0.1, 0.15) is 18.1 Å². The highest BCUT2D eigenvalue weighted by Crippen LogP contribution is 2.37. The number of furan rings is 1. The summed E-state index contributed by atoms with van der Waals surface area (Å²) in [4.78, 5) is 22.9. The van der Waals surface area contributed by atoms with Crippen LogP contribution in [0.3, 0.4) is 0 Å². The average Bonchev–Trinajstić information content (AvgIpc) is 3.41. The number of rotatable bonds is 7. The summed E-state index contributed by atoms with van der Waals surface area (Å²) in [7, 11) is 0. The average molecular weight is 409 g/mol. The Morgan fingerprint density at radius 3 is 2.70 bits per heavy atom. The van der Waals surface area contributed by atoms with Gasteiger partial charge in [-0.25, -0.2) is 5.43 Å². The van der Waals surface area contributed by atoms with Crippen molar-refractivity contribution in [2.75, 3.05) is 6.79 Å². The molecule has 0 radical (unpaired) electrons. The standard InChI is InChI=1S/C20H15N3O7/c24-20(17-7-6-15(30-17)11-27-14-4-2-1-3-5-14)22-21-10-13-8-18-19(29-12-28-18)9-16(13)23(25)26/h1-10H,11-12H2,(H,22,24)/b21-10-. The largest absolute Gasteiger partial charge is 0.486 e. The van der Waals surface area contributed by atoms with Crippen LogP contribution >= 0.6 is 0 Å². The van der Waals surface area contributed by atoms with E-state index in [2.05, 4.69) is 10.5 Å². The zero-order valence-electron chi connectivity index (χ0n) is 15.4. The van der Waals surface area contributed by atoms with Crippen molar-refractivity contribution in [2.24, 2.45) is 5.10 Å². The quantitative estimate of drug-likeness (QED) is 0.361. The third kappa shape index (κ3) is 4.22. The summed E-state index contributed by atoms with van der Waals surface area (Å²) >= 11 is 0. The molecule has 10 heteroatoms. The molecule has 0 spiro atoms. The van der Waals surface area contributed by atoms with Crippen molar-refractivity contribution in [3.05, 3.63) is 81.8 Å². The van der Waals surface area contributed by atoms with E-state index in [1.807, 2.05) is 18.2 Å². The van der Waals surface area contributed by atoms with Gasteiger partial charge < -0.3 is 18.6 Å². The maximum atomic E-state index is 12.2. The predicted octanol–water partition coefficient (Wildman–Crippen LogP) is 3.26. The Morgan fingerprint density at radius 2 is 1.93 bits per heavy atom. The number of nitrogens with zero attached hydrogens (tertiary/aromatic N) is 2. The lowest BCUT2D eigenvalue weighted by Gasteiger charge is -2.03. The Balaban J connectivity index is 1.39. The summed E-state index contributed by atoms with van der Waals surface area (Å²) in [5.74, 6) is 1.19. The Hall–Kier alpha value is -4.34. The Kier molecular flexibility index (Phi) is 5.29. The van der Waals surface area contributed by atoms with Gasteiger partial charge in [-0.05, 0) is 30.3 Å². The predicted molar refractivity (Wildman–Crippen MR) is 104 cm³/mol. The zero-order valence-corrected chi connectivity index (χ0v) is 15.4. The number of hydrogen-bond donors (Lipinski definition) is 1. The van der Waals surface area contributed by atoms with Crippen LogP contribution in [0.15, 0.2) is 64.1 Å². The molecule has 0 unspecified atom stereocenters. The molecular weight excluding hydrogens is 394 g/mol. The number of nitrogens with one attached hydrogen (secondary N) is 1. The molecule has 0 bridgehead atoms. The molecule has 1 amide bonds. The number of para-hydroxylation sites is 1. The van der Waals surface area contributed by atoms with Crippen molar-refractivity contribution in [3.8, 4) is 17.2 Å². The third-order valence-corrected chi connectivity index (χ3v) is 4.10. The second-order valence-electron chi connectivity index (χ2n) is 6.09. The first-order valence-corrected chi connectivity index (χ1v) is 8.78. The summed E-state index contributed by atoms with van der Waals surface area (Å²) in [5, 5.41) is 15.0. The van der Waals surface area contributed by atoms with Crippen molar-refractivity contribution >= 4 is 17.8 Å². The molecule has 0 saturated heterocycles. The number of nitro benzene ring substituents is 1. The first-order chi connectivity index (χ1) is 14.6. The summed E-state index contributed by atoms with van der Waals surface area (Å²) < 4.78 is 21.3. The minimum atomic E-state index is -0.611. The van der Waals surface area contributed by atoms with Crippen molar-refractivity contribution in [3.63, 3.8) is 0 Å². The smallest absolute Gasteiger partial charge is 0.307 e. The van der Waals surface area contributed by atoms with Crippen molar-refractivity contribution in [1.29, 1.82) is 0 Å². The monoisotopic (exact) mass is 409 g/mol. The van der Waals surface area contributed by atoms with E-state index in [0.29, 0.717) is 17.3 Å². The SMILES string of the molecule is O=C(N/N=C\c1cc2c(cc1[N+](=O)[O-])OCO2)c1ccc(COc2ccccc2)o1. The first-order valence-electron chi connectivity index (χ1n) is 8.78. The molecule has 1 aromatic heterocycles. The molecule has 10 nitrogen and oxygen atoms in total. The van der Waals surface area contributed by atoms with Crippen LogP contribution in [0, 0.1) is 10.1 Å². The number of carbonyl (C=O) groups is 1. The molecule has 2 heterocycles. The number of amides is 1. The molecule has 0 atom stereocenters. The van der Waals surface area contributed by atoms with Crippen LogP contribution in [-0.4, -0.2) is 23.8 Å². The number of hydrogen-bond acceptors (Lipinski definition) is 8. The van der Waals surface area contributed by atoms with Crippen LogP contribution < -0.4 is 19.6 Å². The highest BCUT2D eigenvalue weighted by atomic mass is 16.7. The van der Waals surface area contributed by atoms with E-state index in [0.717, 1.165) is 6.21 Å². The lowest BCUT2D eigenvalue weighted by Crippen LogP contribution is -2.17. The summed E-state index contributed by atoms with van der Waals surface area (Å²) in [6, 6.07) is 14.9. The van der Waals surface area contributed by atoms with Crippen LogP contribution in [0.1, 0.15) is 21.9 Å². The van der Waals surface area contributed by atoms with Gasteiger partial charge in [-0.3, -0.25) is 14.9 Å². The van der Waals surface area contributed by atoms with Crippen molar-refractivity contribution in [1.82, 2.24) is 5.43 Å². The van der Waals surface area contributed by atoms with Gasteiger partial charge in [0.25, 0.3) is 5.69 Å². The second-order valence-corrected chi connectivity index (χ2v) is 6.09. The molecule has 1 aliphatic rings. The van der Waals surface area contributed by atoms with Crippen molar-refractivity contribution in [2.45, 2.75) is 6.61 Å². The minimum Gasteiger partial charge on any atom is -0.486 e. The normalized spacial score (nSPS) is 12.1. The van der Waals surface area contributed by atoms with Gasteiger partial charge in [-0.1, -0.05) is 18.2 Å². The van der Waals surface area contributed by atoms with E-state index in [9.17, 15) is 14.9 Å². The van der Waals surface area contributed by atoms with E-state index in [4.69, 9.17) is 18.6 Å². The zero-order chi connectivity index (χ0) is 20.9. The molecule has 1 aliphatic heterocycles. The van der Waals surface area contributed by atoms with Crippen LogP contribution in [0.2, 0.25) is 0 Å². The van der Waals surface area contributed by atoms with Crippen molar-refractivity contribution < 1.29 is 28.3 Å². The Bertz CT molecular complexity index is 1110. The maximum Gasteiger partial charge on any atom is 0.307 e. The summed E-state index contributed by atoms with van der Waals surface area (Å²) in [6.45, 7) is 0.141. The fourth-order valence-corrected chi connectivity index (χ4v) is 2.67. The summed E-state index contributed by atoms with van der Waals surface area (Å²) in [5.41, 5.74) is 2.20. The van der Waals surface area contributed by atoms with Gasteiger partial charge in [0.15, 0.2) is 17.3 Å². The lowest BCUT2D eigenvalue weighted by atomic mass is 10.1. The molecule has 2 aromatic carbocycles. The molecule has 1 N–H and O–H groups in total. The molecule has 3 aromatic rings. The fraction of sp³-hybridized carbons (Fsp3) is 0.100. The number of carbonyl (C=O) groups excluding carboxylic acids is 1. The highest BCUT2D eigenvalue weighted by Gasteiger charge is 2.22. The summed E-state index contributed by atoms with van der Waals surface area (Å²) in [6.07, 6.45) is 1.15. The van der Waals surface area contributed by atoms with E-state index in [1.54, 1.807) is 18.2 Å². The van der Waals surface area contributed by atoms with Gasteiger partial charge in [-0.2, -0.15) is 5.10 Å². The van der Waals surface area contributed by atoms with Crippen LogP contribution in [0.4, 0.5) is 5.69 Å². The van der Waals surface area contributed by atoms with Gasteiger partial charge >= 0.3 is 5.91 Å². The third-order valence-electron chi connectivity index (χ3n) is 4.10. The lowest BCUT2D eigenvalue weighted by molar-refractivity contribution is -0.385. The Labute approximate surface area is 169 Å². The van der Waals surface area contributed by atoms with Gasteiger partial charge in [0.2, 0.25) is 6.79 Å². The second kappa shape index (κ2) is 8.35. The minimum absolute atomic E-state index is 0.0152. The van der Waals surface area contributed by atoms with E-state index in [1.165, 1.54) is 18.2 Å². The van der Waals surface area contributed by atoms with Gasteiger partial charge in [0.05, 0.1) is 22.8 Å². The van der Waals surface area contributed by atoms with E-state index >= 15 is 0 Å². The van der Waals surface area contributed by atoms with Crippen LogP contribution in [-0.2, 0) is 6.61 Å². The first kappa shape index (κ1) is 19.0. The topological polar surface area (TPSA) is 125 Å². The number of nitro groups is 1. The van der Waals surface area contributed by atoms with E-state index < -0.39 is 10.8 Å². The molecule has 30 heavy (non-hydrogen) atoms. The number of fused-ring (bicyclic) bond motifs is 1. The molecule has 152 valence electrons. The molecular formula is C20H15N3O7. The highest BCUT2D eigenvalue weighted by molar-refractivity contribution is 5.93. The molecule has 0 fully saturated rings. The number of benzene rings is 2. The number of ether oxygens (including phenoxy) is 3.